The Bertz CT molecular complexity index is 725. The van der Waals surface area contributed by atoms with Crippen molar-refractivity contribution in [1.29, 1.82) is 0 Å². The number of rotatable bonds is 4. The second kappa shape index (κ2) is 5.58. The molecular weight excluding hydrogens is 314 g/mol. The van der Waals surface area contributed by atoms with Crippen LogP contribution in [0.3, 0.4) is 0 Å². The third-order valence-corrected chi connectivity index (χ3v) is 6.96. The van der Waals surface area contributed by atoms with Gasteiger partial charge < -0.3 is 10.5 Å². The van der Waals surface area contributed by atoms with Gasteiger partial charge in [-0.2, -0.15) is 0 Å². The van der Waals surface area contributed by atoms with Crippen molar-refractivity contribution >= 4 is 11.9 Å². The van der Waals surface area contributed by atoms with Crippen LogP contribution in [0.5, 0.6) is 0 Å². The highest BCUT2D eigenvalue weighted by Crippen LogP contribution is 2.66. The predicted octanol–water partition coefficient (Wildman–Crippen LogP) is 3.17. The Morgan fingerprint density at radius 2 is 1.80 bits per heavy atom. The average molecular weight is 341 g/mol. The molecule has 0 aromatic heterocycles. The molecule has 5 rings (SSSR count). The molecule has 134 valence electrons. The molecule has 2 atom stereocenters. The lowest BCUT2D eigenvalue weighted by Gasteiger charge is -2.61. The van der Waals surface area contributed by atoms with Crippen LogP contribution in [0.25, 0.3) is 0 Å². The summed E-state index contributed by atoms with van der Waals surface area (Å²) in [5, 5.41) is 0. The number of primary amides is 1. The zero-order valence-corrected chi connectivity index (χ0v) is 15.1. The molecule has 4 heteroatoms. The van der Waals surface area contributed by atoms with Gasteiger partial charge in [-0.15, -0.1) is 0 Å². The van der Waals surface area contributed by atoms with Crippen molar-refractivity contribution in [1.82, 2.24) is 0 Å². The highest BCUT2D eigenvalue weighted by atomic mass is 16.5. The van der Waals surface area contributed by atoms with Gasteiger partial charge in [-0.1, -0.05) is 18.2 Å². The molecule has 25 heavy (non-hydrogen) atoms. The van der Waals surface area contributed by atoms with E-state index in [2.05, 4.69) is 32.0 Å². The smallest absolute Gasteiger partial charge is 0.312 e. The molecule has 0 heterocycles. The van der Waals surface area contributed by atoms with Crippen molar-refractivity contribution in [3.8, 4) is 0 Å². The van der Waals surface area contributed by atoms with E-state index in [9.17, 15) is 9.59 Å². The maximum atomic E-state index is 12.9. The Kier molecular flexibility index (Phi) is 3.71. The fourth-order valence-corrected chi connectivity index (χ4v) is 6.20. The minimum absolute atomic E-state index is 0.0916. The normalized spacial score (nSPS) is 35.6. The van der Waals surface area contributed by atoms with E-state index in [4.69, 9.17) is 10.5 Å². The Labute approximate surface area is 149 Å². The van der Waals surface area contributed by atoms with Crippen molar-refractivity contribution in [3.05, 3.63) is 34.9 Å². The molecule has 1 aromatic rings. The van der Waals surface area contributed by atoms with Crippen LogP contribution in [0.2, 0.25) is 0 Å². The summed E-state index contributed by atoms with van der Waals surface area (Å²) >= 11 is 0. The van der Waals surface area contributed by atoms with E-state index < -0.39 is 11.3 Å². The number of hydrogen-bond donors (Lipinski definition) is 1. The molecule has 4 fully saturated rings. The first-order valence-corrected chi connectivity index (χ1v) is 9.35. The molecule has 0 aliphatic heterocycles. The minimum Gasteiger partial charge on any atom is -0.455 e. The molecule has 0 spiro atoms. The lowest BCUT2D eigenvalue weighted by Crippen LogP contribution is -2.57. The van der Waals surface area contributed by atoms with E-state index in [1.54, 1.807) is 0 Å². The topological polar surface area (TPSA) is 69.4 Å². The maximum absolute atomic E-state index is 12.9. The molecule has 4 bridgehead atoms. The summed E-state index contributed by atoms with van der Waals surface area (Å²) in [5.41, 5.74) is 8.85. The van der Waals surface area contributed by atoms with Gasteiger partial charge in [-0.05, 0) is 86.3 Å². The predicted molar refractivity (Wildman–Crippen MR) is 94.9 cm³/mol. The monoisotopic (exact) mass is 341 g/mol. The fraction of sp³-hybridized carbons (Fsp3) is 0.619. The fourth-order valence-electron chi connectivity index (χ4n) is 6.20. The lowest BCUT2D eigenvalue weighted by atomic mass is 9.43. The highest BCUT2D eigenvalue weighted by Gasteiger charge is 2.61. The summed E-state index contributed by atoms with van der Waals surface area (Å²) in [4.78, 5) is 23.9. The molecule has 0 unspecified atom stereocenters. The summed E-state index contributed by atoms with van der Waals surface area (Å²) in [6, 6.07) is 6.80. The average Bonchev–Trinajstić information content (AvgIpc) is 2.53. The number of ether oxygens (including phenoxy) is 1. The molecule has 4 saturated carbocycles. The third-order valence-electron chi connectivity index (χ3n) is 6.96. The van der Waals surface area contributed by atoms with Crippen molar-refractivity contribution < 1.29 is 14.3 Å². The first-order valence-electron chi connectivity index (χ1n) is 9.35. The van der Waals surface area contributed by atoms with E-state index in [0.717, 1.165) is 19.3 Å². The van der Waals surface area contributed by atoms with E-state index >= 15 is 0 Å². The number of nitrogens with two attached hydrogens (primary N) is 1. The van der Waals surface area contributed by atoms with E-state index in [0.29, 0.717) is 11.8 Å². The van der Waals surface area contributed by atoms with Gasteiger partial charge in [0.1, 0.15) is 0 Å². The van der Waals surface area contributed by atoms with Gasteiger partial charge in [0.2, 0.25) is 0 Å². The SMILES string of the molecule is Cc1ccc(C23C[C@H]4C[C@@H](CC(C(=O)OCC(N)=O)(C4)C2)C3)cc1C. The summed E-state index contributed by atoms with van der Waals surface area (Å²) in [6.45, 7) is 4.00. The number of carbonyl (C=O) groups excluding carboxylic acids is 2. The van der Waals surface area contributed by atoms with Gasteiger partial charge in [0.05, 0.1) is 5.41 Å². The van der Waals surface area contributed by atoms with Gasteiger partial charge >= 0.3 is 5.97 Å². The molecular formula is C21H27NO3. The van der Waals surface area contributed by atoms with Crippen LogP contribution >= 0.6 is 0 Å². The minimum atomic E-state index is -0.582. The molecule has 1 aromatic carbocycles. The van der Waals surface area contributed by atoms with Gasteiger partial charge in [-0.3, -0.25) is 9.59 Å². The van der Waals surface area contributed by atoms with Crippen LogP contribution in [0.4, 0.5) is 0 Å². The highest BCUT2D eigenvalue weighted by molar-refractivity contribution is 5.82. The van der Waals surface area contributed by atoms with Crippen molar-refractivity contribution in [3.63, 3.8) is 0 Å². The Morgan fingerprint density at radius 1 is 1.12 bits per heavy atom. The first-order chi connectivity index (χ1) is 11.8. The number of hydrogen-bond acceptors (Lipinski definition) is 3. The van der Waals surface area contributed by atoms with Crippen LogP contribution in [0.15, 0.2) is 18.2 Å². The lowest BCUT2D eigenvalue weighted by molar-refractivity contribution is -0.175. The molecule has 0 radical (unpaired) electrons. The van der Waals surface area contributed by atoms with E-state index in [-0.39, 0.29) is 18.0 Å². The summed E-state index contributed by atoms with van der Waals surface area (Å²) in [6.07, 6.45) is 6.26. The number of esters is 1. The molecule has 4 aliphatic carbocycles. The van der Waals surface area contributed by atoms with Gasteiger partial charge in [0.15, 0.2) is 6.61 Å². The zero-order valence-electron chi connectivity index (χ0n) is 15.1. The van der Waals surface area contributed by atoms with Crippen LogP contribution in [-0.2, 0) is 19.7 Å². The molecule has 1 amide bonds. The van der Waals surface area contributed by atoms with E-state index in [1.807, 2.05) is 0 Å². The van der Waals surface area contributed by atoms with Crippen LogP contribution in [0.1, 0.15) is 55.2 Å². The second-order valence-electron chi connectivity index (χ2n) is 8.86. The van der Waals surface area contributed by atoms with Crippen molar-refractivity contribution in [2.75, 3.05) is 6.61 Å². The first kappa shape index (κ1) is 16.6. The Morgan fingerprint density at radius 3 is 2.40 bits per heavy atom. The largest absolute Gasteiger partial charge is 0.455 e. The molecule has 2 N–H and O–H groups in total. The van der Waals surface area contributed by atoms with Crippen LogP contribution < -0.4 is 5.73 Å². The van der Waals surface area contributed by atoms with Gasteiger partial charge in [0.25, 0.3) is 5.91 Å². The van der Waals surface area contributed by atoms with Gasteiger partial charge in [-0.25, -0.2) is 0 Å². The number of carbonyl (C=O) groups is 2. The third kappa shape index (κ3) is 2.66. The second-order valence-corrected chi connectivity index (χ2v) is 8.86. The molecule has 4 aliphatic rings. The Balaban J connectivity index is 1.68. The van der Waals surface area contributed by atoms with Gasteiger partial charge in [0, 0.05) is 0 Å². The van der Waals surface area contributed by atoms with Crippen molar-refractivity contribution in [2.24, 2.45) is 23.0 Å². The zero-order chi connectivity index (χ0) is 17.8. The number of aryl methyl sites for hydroxylation is 2. The summed E-state index contributed by atoms with van der Waals surface area (Å²) in [5.74, 6) is 0.392. The quantitative estimate of drug-likeness (QED) is 0.855. The Hall–Kier alpha value is -1.84. The van der Waals surface area contributed by atoms with Crippen LogP contribution in [-0.4, -0.2) is 18.5 Å². The standard InChI is InChI=1S/C21H27NO3/c1-13-3-4-17(5-14(13)2)20-7-15-6-16(8-20)10-21(9-15,12-20)19(24)25-11-18(22)23/h3-5,15-16H,6-12H2,1-2H3,(H2,22,23)/t15-,16-,20?,21?/m1/s1. The number of benzene rings is 1. The van der Waals surface area contributed by atoms with Crippen LogP contribution in [0, 0.1) is 31.1 Å². The molecule has 0 saturated heterocycles. The summed E-state index contributed by atoms with van der Waals surface area (Å²) < 4.78 is 5.30. The summed E-state index contributed by atoms with van der Waals surface area (Å²) in [7, 11) is 0. The molecule has 4 nitrogen and oxygen atoms in total. The van der Waals surface area contributed by atoms with Crippen molar-refractivity contribution in [2.45, 2.75) is 57.8 Å². The number of amides is 1. The maximum Gasteiger partial charge on any atom is 0.312 e. The van der Waals surface area contributed by atoms with E-state index in [1.165, 1.54) is 36.0 Å².